The van der Waals surface area contributed by atoms with Crippen LogP contribution < -0.4 is 10.1 Å². The smallest absolute Gasteiger partial charge is 0.119 e. The molecule has 0 bridgehead atoms. The van der Waals surface area contributed by atoms with Crippen LogP contribution in [0.4, 0.5) is 0 Å². The van der Waals surface area contributed by atoms with E-state index in [9.17, 15) is 0 Å². The van der Waals surface area contributed by atoms with Crippen molar-refractivity contribution in [3.63, 3.8) is 0 Å². The van der Waals surface area contributed by atoms with Gasteiger partial charge in [0.15, 0.2) is 0 Å². The zero-order valence-corrected chi connectivity index (χ0v) is 11.2. The van der Waals surface area contributed by atoms with Crippen molar-refractivity contribution in [1.29, 1.82) is 0 Å². The average molecular weight is 237 g/mol. The maximum atomic E-state index is 5.65. The first-order valence-corrected chi connectivity index (χ1v) is 6.24. The zero-order chi connectivity index (χ0) is 12.7. The molecule has 0 aliphatic rings. The van der Waals surface area contributed by atoms with E-state index in [1.165, 1.54) is 5.56 Å². The maximum absolute atomic E-state index is 5.65. The molecular weight excluding hydrogens is 214 g/mol. The van der Waals surface area contributed by atoms with Gasteiger partial charge >= 0.3 is 0 Å². The minimum atomic E-state index is 0.141. The first-order valence-electron chi connectivity index (χ1n) is 6.24. The molecule has 1 aromatic carbocycles. The molecule has 0 spiro atoms. The lowest BCUT2D eigenvalue weighted by Crippen LogP contribution is -2.29. The van der Waals surface area contributed by atoms with Crippen molar-refractivity contribution in [3.8, 4) is 5.75 Å². The Labute approximate surface area is 104 Å². The van der Waals surface area contributed by atoms with Crippen LogP contribution in [0.15, 0.2) is 24.3 Å². The van der Waals surface area contributed by atoms with Crippen LogP contribution in [-0.4, -0.2) is 26.4 Å². The van der Waals surface area contributed by atoms with Gasteiger partial charge in [0.25, 0.3) is 0 Å². The van der Waals surface area contributed by atoms with Gasteiger partial charge in [-0.3, -0.25) is 0 Å². The SMILES string of the molecule is CCOc1cccc(C(NC)C(C)OCC)c1. The standard InChI is InChI=1S/C14H23NO2/c1-5-16-11(3)14(15-4)12-8-7-9-13(10-12)17-6-2/h7-11,14-15H,5-6H2,1-4H3. The van der Waals surface area contributed by atoms with Crippen LogP contribution >= 0.6 is 0 Å². The molecule has 0 saturated heterocycles. The van der Waals surface area contributed by atoms with Gasteiger partial charge in [-0.2, -0.15) is 0 Å². The minimum Gasteiger partial charge on any atom is -0.494 e. The van der Waals surface area contributed by atoms with E-state index in [0.717, 1.165) is 12.4 Å². The lowest BCUT2D eigenvalue weighted by molar-refractivity contribution is 0.0492. The minimum absolute atomic E-state index is 0.141. The summed E-state index contributed by atoms with van der Waals surface area (Å²) in [5.41, 5.74) is 1.19. The average Bonchev–Trinajstić information content (AvgIpc) is 2.31. The van der Waals surface area contributed by atoms with E-state index < -0.39 is 0 Å². The van der Waals surface area contributed by atoms with E-state index in [2.05, 4.69) is 24.4 Å². The van der Waals surface area contributed by atoms with Gasteiger partial charge in [0, 0.05) is 6.61 Å². The Kier molecular flexibility index (Phi) is 6.01. The molecule has 0 radical (unpaired) electrons. The van der Waals surface area contributed by atoms with Gasteiger partial charge in [0.05, 0.1) is 18.8 Å². The molecule has 0 heterocycles. The molecule has 0 fully saturated rings. The predicted molar refractivity (Wildman–Crippen MR) is 70.5 cm³/mol. The van der Waals surface area contributed by atoms with E-state index >= 15 is 0 Å². The van der Waals surface area contributed by atoms with Crippen LogP contribution in [-0.2, 0) is 4.74 Å². The summed E-state index contributed by atoms with van der Waals surface area (Å²) >= 11 is 0. The third-order valence-corrected chi connectivity index (χ3v) is 2.74. The van der Waals surface area contributed by atoms with Crippen molar-refractivity contribution >= 4 is 0 Å². The van der Waals surface area contributed by atoms with Gasteiger partial charge in [-0.15, -0.1) is 0 Å². The molecule has 2 atom stereocenters. The Morgan fingerprint density at radius 1 is 1.24 bits per heavy atom. The fourth-order valence-electron chi connectivity index (χ4n) is 2.00. The molecule has 1 rings (SSSR count). The molecular formula is C14H23NO2. The van der Waals surface area contributed by atoms with Gasteiger partial charge in [0.2, 0.25) is 0 Å². The molecule has 0 aliphatic carbocycles. The summed E-state index contributed by atoms with van der Waals surface area (Å²) in [4.78, 5) is 0. The molecule has 1 N–H and O–H groups in total. The summed E-state index contributed by atoms with van der Waals surface area (Å²) in [6, 6.07) is 8.35. The Balaban J connectivity index is 2.83. The second-order valence-electron chi connectivity index (χ2n) is 3.93. The lowest BCUT2D eigenvalue weighted by atomic mass is 10.0. The van der Waals surface area contributed by atoms with E-state index in [4.69, 9.17) is 9.47 Å². The highest BCUT2D eigenvalue weighted by Crippen LogP contribution is 2.23. The molecule has 3 heteroatoms. The first kappa shape index (κ1) is 14.0. The van der Waals surface area contributed by atoms with Gasteiger partial charge in [-0.1, -0.05) is 12.1 Å². The fraction of sp³-hybridized carbons (Fsp3) is 0.571. The normalized spacial score (nSPS) is 14.4. The van der Waals surface area contributed by atoms with E-state index in [-0.39, 0.29) is 12.1 Å². The summed E-state index contributed by atoms with van der Waals surface area (Å²) in [5, 5.41) is 3.29. The Morgan fingerprint density at radius 2 is 2.00 bits per heavy atom. The van der Waals surface area contributed by atoms with E-state index in [1.54, 1.807) is 0 Å². The van der Waals surface area contributed by atoms with E-state index in [0.29, 0.717) is 6.61 Å². The lowest BCUT2D eigenvalue weighted by Gasteiger charge is -2.24. The summed E-state index contributed by atoms with van der Waals surface area (Å²) in [6.07, 6.45) is 0.141. The molecule has 0 saturated carbocycles. The predicted octanol–water partition coefficient (Wildman–Crippen LogP) is 2.77. The topological polar surface area (TPSA) is 30.5 Å². The third-order valence-electron chi connectivity index (χ3n) is 2.74. The number of hydrogen-bond donors (Lipinski definition) is 1. The highest BCUT2D eigenvalue weighted by atomic mass is 16.5. The maximum Gasteiger partial charge on any atom is 0.119 e. The van der Waals surface area contributed by atoms with Crippen molar-refractivity contribution in [2.24, 2.45) is 0 Å². The zero-order valence-electron chi connectivity index (χ0n) is 11.2. The Hall–Kier alpha value is -1.06. The van der Waals surface area contributed by atoms with Crippen molar-refractivity contribution in [2.45, 2.75) is 32.9 Å². The molecule has 0 aliphatic heterocycles. The van der Waals surface area contributed by atoms with E-state index in [1.807, 2.05) is 33.0 Å². The van der Waals surface area contributed by atoms with Crippen LogP contribution in [0.3, 0.4) is 0 Å². The van der Waals surface area contributed by atoms with Gasteiger partial charge in [0.1, 0.15) is 5.75 Å². The second kappa shape index (κ2) is 7.30. The highest BCUT2D eigenvalue weighted by molar-refractivity contribution is 5.31. The number of rotatable bonds is 7. The number of nitrogens with one attached hydrogen (secondary N) is 1. The summed E-state index contributed by atoms with van der Waals surface area (Å²) in [5.74, 6) is 0.911. The highest BCUT2D eigenvalue weighted by Gasteiger charge is 2.17. The Bertz CT molecular complexity index is 328. The van der Waals surface area contributed by atoms with Gasteiger partial charge < -0.3 is 14.8 Å². The monoisotopic (exact) mass is 237 g/mol. The van der Waals surface area contributed by atoms with Crippen LogP contribution in [0.1, 0.15) is 32.4 Å². The fourth-order valence-corrected chi connectivity index (χ4v) is 2.00. The summed E-state index contributed by atoms with van der Waals surface area (Å²) in [7, 11) is 1.95. The number of hydrogen-bond acceptors (Lipinski definition) is 3. The van der Waals surface area contributed by atoms with Gasteiger partial charge in [-0.05, 0) is 45.5 Å². The number of likely N-dealkylation sites (N-methyl/N-ethyl adjacent to an activating group) is 1. The molecule has 2 unspecified atom stereocenters. The van der Waals surface area contributed by atoms with Crippen molar-refractivity contribution in [1.82, 2.24) is 5.32 Å². The van der Waals surface area contributed by atoms with Crippen LogP contribution in [0.25, 0.3) is 0 Å². The molecule has 0 aromatic heterocycles. The van der Waals surface area contributed by atoms with Crippen LogP contribution in [0, 0.1) is 0 Å². The molecule has 96 valence electrons. The van der Waals surface area contributed by atoms with Gasteiger partial charge in [-0.25, -0.2) is 0 Å². The van der Waals surface area contributed by atoms with Crippen LogP contribution in [0.2, 0.25) is 0 Å². The van der Waals surface area contributed by atoms with Crippen molar-refractivity contribution in [3.05, 3.63) is 29.8 Å². The molecule has 17 heavy (non-hydrogen) atoms. The first-order chi connectivity index (χ1) is 8.22. The van der Waals surface area contributed by atoms with Crippen molar-refractivity contribution in [2.75, 3.05) is 20.3 Å². The Morgan fingerprint density at radius 3 is 2.59 bits per heavy atom. The summed E-state index contributed by atoms with van der Waals surface area (Å²) < 4.78 is 11.2. The number of benzene rings is 1. The second-order valence-corrected chi connectivity index (χ2v) is 3.93. The largest absolute Gasteiger partial charge is 0.494 e. The quantitative estimate of drug-likeness (QED) is 0.791. The third kappa shape index (κ3) is 4.02. The molecule has 0 amide bonds. The molecule has 1 aromatic rings. The summed E-state index contributed by atoms with van der Waals surface area (Å²) in [6.45, 7) is 7.50. The van der Waals surface area contributed by atoms with Crippen LogP contribution in [0.5, 0.6) is 5.75 Å². The molecule has 3 nitrogen and oxygen atoms in total. The van der Waals surface area contributed by atoms with Crippen molar-refractivity contribution < 1.29 is 9.47 Å². The number of ether oxygens (including phenoxy) is 2.